The molecule has 1 aromatic heterocycles. The lowest BCUT2D eigenvalue weighted by molar-refractivity contribution is 0.299. The molecule has 2 aliphatic heterocycles. The first-order chi connectivity index (χ1) is 7.83. The quantitative estimate of drug-likeness (QED) is 0.895. The van der Waals surface area contributed by atoms with E-state index in [1.54, 1.807) is 11.3 Å². The summed E-state index contributed by atoms with van der Waals surface area (Å²) < 4.78 is 0.894. The van der Waals surface area contributed by atoms with Gasteiger partial charge < -0.3 is 5.32 Å². The topological polar surface area (TPSA) is 15.3 Å². The van der Waals surface area contributed by atoms with Crippen LogP contribution in [0.2, 0.25) is 4.34 Å². The Morgan fingerprint density at radius 3 is 3.12 bits per heavy atom. The monoisotopic (exact) mass is 256 g/mol. The summed E-state index contributed by atoms with van der Waals surface area (Å²) in [6.45, 7) is 3.58. The van der Waals surface area contributed by atoms with E-state index in [0.29, 0.717) is 6.04 Å². The van der Waals surface area contributed by atoms with E-state index < -0.39 is 0 Å². The lowest BCUT2D eigenvalue weighted by Gasteiger charge is -2.20. The Morgan fingerprint density at radius 2 is 2.31 bits per heavy atom. The molecule has 3 rings (SSSR count). The molecule has 4 heteroatoms. The summed E-state index contributed by atoms with van der Waals surface area (Å²) in [6.07, 6.45) is 4.07. The zero-order chi connectivity index (χ0) is 11.0. The van der Waals surface area contributed by atoms with Crippen molar-refractivity contribution < 1.29 is 0 Å². The van der Waals surface area contributed by atoms with Gasteiger partial charge in [-0.15, -0.1) is 11.3 Å². The fourth-order valence-electron chi connectivity index (χ4n) is 3.00. The smallest absolute Gasteiger partial charge is 0.0931 e. The summed E-state index contributed by atoms with van der Waals surface area (Å²) in [6, 6.07) is 5.61. The SMILES string of the molecule is Clc1ccc(CNC2CCN3CCCC23)s1. The standard InChI is InChI=1S/C12H17ClN2S/c13-12-4-3-9(16-12)8-14-10-5-7-15-6-1-2-11(10)15/h3-4,10-11,14H,1-2,5-8H2. The molecule has 0 aliphatic carbocycles. The first kappa shape index (κ1) is 11.0. The minimum atomic E-state index is 0.698. The van der Waals surface area contributed by atoms with Crippen molar-refractivity contribution in [1.82, 2.24) is 10.2 Å². The lowest BCUT2D eigenvalue weighted by Crippen LogP contribution is -2.38. The van der Waals surface area contributed by atoms with Gasteiger partial charge in [0.05, 0.1) is 4.34 Å². The number of hydrogen-bond acceptors (Lipinski definition) is 3. The summed E-state index contributed by atoms with van der Waals surface area (Å²) >= 11 is 7.61. The van der Waals surface area contributed by atoms with Gasteiger partial charge in [-0.3, -0.25) is 4.90 Å². The van der Waals surface area contributed by atoms with Crippen LogP contribution >= 0.6 is 22.9 Å². The highest BCUT2D eigenvalue weighted by molar-refractivity contribution is 7.16. The van der Waals surface area contributed by atoms with E-state index in [1.807, 2.05) is 6.07 Å². The second-order valence-electron chi connectivity index (χ2n) is 4.73. The maximum absolute atomic E-state index is 5.93. The van der Waals surface area contributed by atoms with Crippen molar-refractivity contribution in [2.24, 2.45) is 0 Å². The molecule has 2 nitrogen and oxygen atoms in total. The highest BCUT2D eigenvalue weighted by Gasteiger charge is 2.36. The Labute approximate surface area is 106 Å². The van der Waals surface area contributed by atoms with Gasteiger partial charge in [0.25, 0.3) is 0 Å². The Kier molecular flexibility index (Phi) is 3.20. The minimum Gasteiger partial charge on any atom is -0.307 e. The fourth-order valence-corrected chi connectivity index (χ4v) is 4.04. The van der Waals surface area contributed by atoms with Crippen LogP contribution in [0.15, 0.2) is 12.1 Å². The second-order valence-corrected chi connectivity index (χ2v) is 6.53. The molecule has 88 valence electrons. The van der Waals surface area contributed by atoms with Crippen molar-refractivity contribution in [2.45, 2.75) is 37.9 Å². The van der Waals surface area contributed by atoms with Crippen LogP contribution in [0.1, 0.15) is 24.1 Å². The van der Waals surface area contributed by atoms with Gasteiger partial charge in [-0.1, -0.05) is 11.6 Å². The Morgan fingerprint density at radius 1 is 1.38 bits per heavy atom. The Balaban J connectivity index is 1.55. The number of nitrogens with zero attached hydrogens (tertiary/aromatic N) is 1. The van der Waals surface area contributed by atoms with Gasteiger partial charge in [0.15, 0.2) is 0 Å². The fraction of sp³-hybridized carbons (Fsp3) is 0.667. The normalized spacial score (nSPS) is 29.8. The third kappa shape index (κ3) is 2.14. The molecule has 2 atom stereocenters. The van der Waals surface area contributed by atoms with Crippen LogP contribution in [0.4, 0.5) is 0 Å². The van der Waals surface area contributed by atoms with Gasteiger partial charge >= 0.3 is 0 Å². The molecule has 0 saturated carbocycles. The van der Waals surface area contributed by atoms with Crippen LogP contribution in [-0.4, -0.2) is 30.1 Å². The van der Waals surface area contributed by atoms with E-state index in [0.717, 1.165) is 16.9 Å². The molecular weight excluding hydrogens is 240 g/mol. The summed E-state index contributed by atoms with van der Waals surface area (Å²) in [4.78, 5) is 3.99. The van der Waals surface area contributed by atoms with Crippen LogP contribution in [-0.2, 0) is 6.54 Å². The van der Waals surface area contributed by atoms with Gasteiger partial charge in [0.1, 0.15) is 0 Å². The molecule has 0 spiro atoms. The molecular formula is C12H17ClN2S. The van der Waals surface area contributed by atoms with Crippen LogP contribution in [0, 0.1) is 0 Å². The molecule has 2 saturated heterocycles. The highest BCUT2D eigenvalue weighted by Crippen LogP contribution is 2.28. The van der Waals surface area contributed by atoms with Crippen molar-refractivity contribution in [3.8, 4) is 0 Å². The van der Waals surface area contributed by atoms with Crippen LogP contribution in [0.3, 0.4) is 0 Å². The van der Waals surface area contributed by atoms with Gasteiger partial charge in [-0.05, 0) is 37.9 Å². The second kappa shape index (κ2) is 4.65. The third-order valence-corrected chi connectivity index (χ3v) is 5.00. The highest BCUT2D eigenvalue weighted by atomic mass is 35.5. The predicted molar refractivity (Wildman–Crippen MR) is 69.2 cm³/mol. The van der Waals surface area contributed by atoms with E-state index in [9.17, 15) is 0 Å². The number of nitrogens with one attached hydrogen (secondary N) is 1. The maximum Gasteiger partial charge on any atom is 0.0931 e. The Bertz CT molecular complexity index is 366. The zero-order valence-electron chi connectivity index (χ0n) is 9.29. The van der Waals surface area contributed by atoms with E-state index in [2.05, 4.69) is 16.3 Å². The summed E-state index contributed by atoms with van der Waals surface area (Å²) in [5, 5.41) is 3.69. The van der Waals surface area contributed by atoms with Crippen molar-refractivity contribution in [1.29, 1.82) is 0 Å². The number of rotatable bonds is 3. The average Bonchev–Trinajstić information content (AvgIpc) is 2.91. The Hall–Kier alpha value is -0.0900. The number of thiophene rings is 1. The maximum atomic E-state index is 5.93. The molecule has 16 heavy (non-hydrogen) atoms. The van der Waals surface area contributed by atoms with Crippen molar-refractivity contribution >= 4 is 22.9 Å². The molecule has 2 fully saturated rings. The first-order valence-corrected chi connectivity index (χ1v) is 7.24. The molecule has 0 bridgehead atoms. The van der Waals surface area contributed by atoms with E-state index in [1.165, 1.54) is 37.2 Å². The molecule has 2 aliphatic rings. The summed E-state index contributed by atoms with van der Waals surface area (Å²) in [5.74, 6) is 0. The molecule has 1 aromatic rings. The van der Waals surface area contributed by atoms with Crippen LogP contribution < -0.4 is 5.32 Å². The zero-order valence-corrected chi connectivity index (χ0v) is 10.9. The molecule has 0 aromatic carbocycles. The van der Waals surface area contributed by atoms with Gasteiger partial charge in [0.2, 0.25) is 0 Å². The number of hydrogen-bond donors (Lipinski definition) is 1. The molecule has 3 heterocycles. The van der Waals surface area contributed by atoms with Crippen molar-refractivity contribution in [3.63, 3.8) is 0 Å². The van der Waals surface area contributed by atoms with Crippen molar-refractivity contribution in [3.05, 3.63) is 21.3 Å². The first-order valence-electron chi connectivity index (χ1n) is 6.04. The predicted octanol–water partition coefficient (Wildman–Crippen LogP) is 2.73. The number of fused-ring (bicyclic) bond motifs is 1. The summed E-state index contributed by atoms with van der Waals surface area (Å²) in [5.41, 5.74) is 0. The lowest BCUT2D eigenvalue weighted by atomic mass is 10.1. The van der Waals surface area contributed by atoms with Crippen molar-refractivity contribution in [2.75, 3.05) is 13.1 Å². The van der Waals surface area contributed by atoms with Gasteiger partial charge in [-0.25, -0.2) is 0 Å². The van der Waals surface area contributed by atoms with Crippen LogP contribution in [0.5, 0.6) is 0 Å². The molecule has 0 radical (unpaired) electrons. The minimum absolute atomic E-state index is 0.698. The van der Waals surface area contributed by atoms with E-state index in [-0.39, 0.29) is 0 Å². The van der Waals surface area contributed by atoms with Gasteiger partial charge in [0, 0.05) is 30.1 Å². The largest absolute Gasteiger partial charge is 0.307 e. The molecule has 0 amide bonds. The molecule has 1 N–H and O–H groups in total. The third-order valence-electron chi connectivity index (χ3n) is 3.77. The average molecular weight is 257 g/mol. The number of halogens is 1. The van der Waals surface area contributed by atoms with E-state index in [4.69, 9.17) is 11.6 Å². The van der Waals surface area contributed by atoms with E-state index >= 15 is 0 Å². The molecule has 2 unspecified atom stereocenters. The van der Waals surface area contributed by atoms with Crippen LogP contribution in [0.25, 0.3) is 0 Å². The van der Waals surface area contributed by atoms with Gasteiger partial charge in [-0.2, -0.15) is 0 Å². The summed E-state index contributed by atoms with van der Waals surface area (Å²) in [7, 11) is 0.